The number of carbonyl (C=O) groups is 2. The molecule has 0 saturated heterocycles. The van der Waals surface area contributed by atoms with E-state index in [-0.39, 0.29) is 24.1 Å². The van der Waals surface area contributed by atoms with E-state index in [1.165, 1.54) is 27.6 Å². The van der Waals surface area contributed by atoms with Gasteiger partial charge in [0.1, 0.15) is 0 Å². The number of hydrogen-bond acceptors (Lipinski definition) is 5. The number of hydrogen-bond donors (Lipinski definition) is 1. The van der Waals surface area contributed by atoms with Crippen LogP contribution in [0.3, 0.4) is 0 Å². The molecule has 0 aliphatic carbocycles. The van der Waals surface area contributed by atoms with E-state index in [0.29, 0.717) is 25.0 Å². The third-order valence-electron chi connectivity index (χ3n) is 6.95. The average molecular weight is 541 g/mol. The first-order chi connectivity index (χ1) is 19.3. The van der Waals surface area contributed by atoms with Crippen LogP contribution in [0.1, 0.15) is 56.1 Å². The van der Waals surface area contributed by atoms with Crippen molar-refractivity contribution in [2.75, 3.05) is 19.8 Å². The molecule has 0 aromatic heterocycles. The fraction of sp³-hybridized carbons (Fsp3) is 0.314. The molecule has 210 valence electrons. The molecule has 5 nitrogen and oxygen atoms in total. The molecule has 0 radical (unpaired) electrons. The Kier molecular flexibility index (Phi) is 11.9. The van der Waals surface area contributed by atoms with Gasteiger partial charge in [-0.1, -0.05) is 73.8 Å². The molecule has 5 heteroatoms. The van der Waals surface area contributed by atoms with Crippen LogP contribution >= 0.6 is 0 Å². The summed E-state index contributed by atoms with van der Waals surface area (Å²) in [6, 6.07) is 21.8. The second-order valence-corrected chi connectivity index (χ2v) is 10.1. The standard InChI is InChI=1S/C35H40O5/c1-5-6-9-27-12-14-29(15-13-27)31-17-19-32-22-30(16-18-33(32)23-31)28(10-7-20-39-34(37)25(2)3)11-8-21-40-35(38)26(4)24-36/h5,12-19,22-23,28,36H,1-2,4,6-11,20-21,24H2,3H3. The lowest BCUT2D eigenvalue weighted by atomic mass is 9.88. The maximum Gasteiger partial charge on any atom is 0.335 e. The molecule has 0 spiro atoms. The van der Waals surface area contributed by atoms with Crippen LogP contribution in [0.4, 0.5) is 0 Å². The molecule has 1 unspecified atom stereocenters. The maximum absolute atomic E-state index is 11.8. The first kappa shape index (κ1) is 30.6. The van der Waals surface area contributed by atoms with Gasteiger partial charge in [-0.2, -0.15) is 0 Å². The lowest BCUT2D eigenvalue weighted by Gasteiger charge is -2.19. The van der Waals surface area contributed by atoms with Crippen molar-refractivity contribution in [1.29, 1.82) is 0 Å². The molecule has 3 aromatic rings. The van der Waals surface area contributed by atoms with Gasteiger partial charge in [-0.3, -0.25) is 0 Å². The fourth-order valence-corrected chi connectivity index (χ4v) is 4.59. The normalized spacial score (nSPS) is 11.6. The van der Waals surface area contributed by atoms with Crippen molar-refractivity contribution < 1.29 is 24.2 Å². The van der Waals surface area contributed by atoms with Crippen molar-refractivity contribution in [1.82, 2.24) is 0 Å². The summed E-state index contributed by atoms with van der Waals surface area (Å²) >= 11 is 0. The molecular weight excluding hydrogens is 500 g/mol. The van der Waals surface area contributed by atoms with Crippen molar-refractivity contribution in [2.24, 2.45) is 0 Å². The number of aliphatic hydroxyl groups is 1. The number of aryl methyl sites for hydroxylation is 1. The fourth-order valence-electron chi connectivity index (χ4n) is 4.59. The van der Waals surface area contributed by atoms with Crippen molar-refractivity contribution in [3.63, 3.8) is 0 Å². The Morgan fingerprint density at radius 1 is 0.850 bits per heavy atom. The third kappa shape index (κ3) is 9.06. The number of ether oxygens (including phenoxy) is 2. The van der Waals surface area contributed by atoms with E-state index in [1.54, 1.807) is 6.92 Å². The van der Waals surface area contributed by atoms with Crippen molar-refractivity contribution in [2.45, 2.75) is 51.4 Å². The van der Waals surface area contributed by atoms with E-state index in [9.17, 15) is 9.59 Å². The predicted molar refractivity (Wildman–Crippen MR) is 162 cm³/mol. The SMILES string of the molecule is C=CCCc1ccc(-c2ccc3cc(C(CCCOC(=O)C(=C)C)CCCOC(=O)C(=C)CO)ccc3c2)cc1. The molecule has 3 aromatic carbocycles. The lowest BCUT2D eigenvalue weighted by molar-refractivity contribution is -0.140. The van der Waals surface area contributed by atoms with Crippen LogP contribution in [-0.2, 0) is 25.5 Å². The maximum atomic E-state index is 11.8. The summed E-state index contributed by atoms with van der Waals surface area (Å²) < 4.78 is 10.5. The third-order valence-corrected chi connectivity index (χ3v) is 6.95. The number of carbonyl (C=O) groups excluding carboxylic acids is 2. The summed E-state index contributed by atoms with van der Waals surface area (Å²) in [5, 5.41) is 11.4. The summed E-state index contributed by atoms with van der Waals surface area (Å²) in [7, 11) is 0. The number of esters is 2. The second-order valence-electron chi connectivity index (χ2n) is 10.1. The summed E-state index contributed by atoms with van der Waals surface area (Å²) in [5.74, 6) is -0.741. The van der Waals surface area contributed by atoms with E-state index in [2.05, 4.69) is 80.4 Å². The highest BCUT2D eigenvalue weighted by atomic mass is 16.5. The minimum Gasteiger partial charge on any atom is -0.462 e. The number of benzene rings is 3. The zero-order valence-corrected chi connectivity index (χ0v) is 23.5. The van der Waals surface area contributed by atoms with E-state index in [4.69, 9.17) is 14.6 Å². The number of rotatable bonds is 16. The number of aliphatic hydroxyl groups excluding tert-OH is 1. The van der Waals surface area contributed by atoms with Gasteiger partial charge in [0.15, 0.2) is 0 Å². The molecule has 0 fully saturated rings. The largest absolute Gasteiger partial charge is 0.462 e. The molecule has 0 heterocycles. The van der Waals surface area contributed by atoms with Gasteiger partial charge in [0, 0.05) is 5.57 Å². The minimum atomic E-state index is -0.571. The van der Waals surface area contributed by atoms with Gasteiger partial charge in [0.25, 0.3) is 0 Å². The number of allylic oxidation sites excluding steroid dienone is 1. The number of fused-ring (bicyclic) bond motifs is 1. The molecule has 3 rings (SSSR count). The first-order valence-corrected chi connectivity index (χ1v) is 13.8. The Morgan fingerprint density at radius 3 is 2.08 bits per heavy atom. The molecule has 0 amide bonds. The van der Waals surface area contributed by atoms with Crippen LogP contribution in [0.5, 0.6) is 0 Å². The van der Waals surface area contributed by atoms with Gasteiger partial charge >= 0.3 is 11.9 Å². The second kappa shape index (κ2) is 15.6. The highest BCUT2D eigenvalue weighted by Gasteiger charge is 2.15. The van der Waals surface area contributed by atoms with Gasteiger partial charge < -0.3 is 14.6 Å². The smallest absolute Gasteiger partial charge is 0.335 e. The zero-order valence-electron chi connectivity index (χ0n) is 23.5. The van der Waals surface area contributed by atoms with Crippen LogP contribution in [0.2, 0.25) is 0 Å². The minimum absolute atomic E-state index is 0.0495. The van der Waals surface area contributed by atoms with Gasteiger partial charge in [-0.05, 0) is 90.5 Å². The van der Waals surface area contributed by atoms with Crippen molar-refractivity contribution >= 4 is 22.7 Å². The molecule has 40 heavy (non-hydrogen) atoms. The molecule has 1 N–H and O–H groups in total. The Hall–Kier alpha value is -3.96. The summed E-state index contributed by atoms with van der Waals surface area (Å²) in [6.07, 6.45) is 6.92. The summed E-state index contributed by atoms with van der Waals surface area (Å²) in [4.78, 5) is 23.6. The van der Waals surface area contributed by atoms with E-state index in [1.807, 2.05) is 6.08 Å². The highest BCUT2D eigenvalue weighted by molar-refractivity contribution is 5.88. The summed E-state index contributed by atoms with van der Waals surface area (Å²) in [6.45, 7) is 12.7. The molecule has 0 saturated carbocycles. The van der Waals surface area contributed by atoms with E-state index in [0.717, 1.165) is 31.1 Å². The molecular formula is C35H40O5. The van der Waals surface area contributed by atoms with Gasteiger partial charge in [-0.15, -0.1) is 6.58 Å². The van der Waals surface area contributed by atoms with Crippen LogP contribution in [0.25, 0.3) is 21.9 Å². The van der Waals surface area contributed by atoms with Gasteiger partial charge in [-0.25, -0.2) is 9.59 Å². The van der Waals surface area contributed by atoms with Crippen molar-refractivity contribution in [3.8, 4) is 11.1 Å². The molecule has 0 aliphatic heterocycles. The lowest BCUT2D eigenvalue weighted by Crippen LogP contribution is -2.12. The van der Waals surface area contributed by atoms with Gasteiger partial charge in [0.2, 0.25) is 0 Å². The van der Waals surface area contributed by atoms with Crippen molar-refractivity contribution in [3.05, 3.63) is 109 Å². The quantitative estimate of drug-likeness (QED) is 0.0882. The summed E-state index contributed by atoms with van der Waals surface area (Å²) in [5.41, 5.74) is 5.31. The predicted octanol–water partition coefficient (Wildman–Crippen LogP) is 7.48. The zero-order chi connectivity index (χ0) is 28.9. The Bertz CT molecular complexity index is 1340. The van der Waals surface area contributed by atoms with Crippen LogP contribution in [0, 0.1) is 0 Å². The Balaban J connectivity index is 1.71. The highest BCUT2D eigenvalue weighted by Crippen LogP contribution is 2.31. The molecule has 1 atom stereocenters. The van der Waals surface area contributed by atoms with E-state index >= 15 is 0 Å². The van der Waals surface area contributed by atoms with Crippen LogP contribution in [0.15, 0.2) is 97.6 Å². The average Bonchev–Trinajstić information content (AvgIpc) is 2.98. The Labute approximate surface area is 237 Å². The molecule has 0 bridgehead atoms. The molecule has 0 aliphatic rings. The topological polar surface area (TPSA) is 72.8 Å². The monoisotopic (exact) mass is 540 g/mol. The van der Waals surface area contributed by atoms with Crippen LogP contribution in [-0.4, -0.2) is 36.9 Å². The van der Waals surface area contributed by atoms with Gasteiger partial charge in [0.05, 0.1) is 25.4 Å². The Morgan fingerprint density at radius 2 is 1.45 bits per heavy atom. The van der Waals surface area contributed by atoms with Crippen LogP contribution < -0.4 is 0 Å². The first-order valence-electron chi connectivity index (χ1n) is 13.8. The van der Waals surface area contributed by atoms with E-state index < -0.39 is 12.6 Å².